The number of hydrogen-bond donors (Lipinski definition) is 2. The van der Waals surface area contributed by atoms with Gasteiger partial charge in [-0.1, -0.05) is 25.6 Å². The molecular weight excluding hydrogens is 326 g/mol. The van der Waals surface area contributed by atoms with Crippen molar-refractivity contribution in [3.05, 3.63) is 77.2 Å². The van der Waals surface area contributed by atoms with E-state index in [0.29, 0.717) is 12.0 Å². The third-order valence-corrected chi connectivity index (χ3v) is 4.83. The second-order valence-electron chi connectivity index (χ2n) is 6.73. The zero-order valence-electron chi connectivity index (χ0n) is 15.9. The summed E-state index contributed by atoms with van der Waals surface area (Å²) in [6, 6.07) is 5.93. The topological polar surface area (TPSA) is 60.8 Å². The number of hydrogen-bond acceptors (Lipinski definition) is 3. The number of aliphatic hydroxyl groups is 1. The van der Waals surface area contributed by atoms with Crippen molar-refractivity contribution in [2.45, 2.75) is 40.2 Å². The van der Waals surface area contributed by atoms with Gasteiger partial charge in [0.2, 0.25) is 0 Å². The highest BCUT2D eigenvalue weighted by Gasteiger charge is 2.28. The second-order valence-corrected chi connectivity index (χ2v) is 6.73. The highest BCUT2D eigenvalue weighted by Crippen LogP contribution is 2.39. The Hall–Kier alpha value is -2.59. The van der Waals surface area contributed by atoms with Crippen LogP contribution in [0, 0.1) is 12.8 Å². The highest BCUT2D eigenvalue weighted by atomic mass is 16.4. The first-order valence-electron chi connectivity index (χ1n) is 8.77. The molecular formula is C22H27NO3. The van der Waals surface area contributed by atoms with Crippen LogP contribution in [-0.4, -0.2) is 16.2 Å². The summed E-state index contributed by atoms with van der Waals surface area (Å²) in [6.45, 7) is 11.6. The minimum absolute atomic E-state index is 0.0322. The Morgan fingerprint density at radius 1 is 1.38 bits per heavy atom. The van der Waals surface area contributed by atoms with Gasteiger partial charge < -0.3 is 15.1 Å². The van der Waals surface area contributed by atoms with Crippen LogP contribution in [0.3, 0.4) is 0 Å². The van der Waals surface area contributed by atoms with Crippen molar-refractivity contribution in [1.29, 1.82) is 0 Å². The van der Waals surface area contributed by atoms with Crippen LogP contribution in [0.25, 0.3) is 0 Å². The van der Waals surface area contributed by atoms with E-state index in [0.717, 1.165) is 28.0 Å². The molecule has 0 amide bonds. The number of nitrogens with zero attached hydrogens (tertiary/aromatic N) is 1. The zero-order valence-corrected chi connectivity index (χ0v) is 15.9. The minimum atomic E-state index is -0.893. The van der Waals surface area contributed by atoms with Gasteiger partial charge in [-0.2, -0.15) is 0 Å². The molecule has 1 aromatic rings. The molecule has 0 saturated carbocycles. The molecule has 0 radical (unpaired) electrons. The summed E-state index contributed by atoms with van der Waals surface area (Å²) in [5.41, 5.74) is 4.83. The maximum Gasteiger partial charge on any atom is 0.331 e. The lowest BCUT2D eigenvalue weighted by atomic mass is 9.79. The number of anilines is 1. The summed E-state index contributed by atoms with van der Waals surface area (Å²) < 4.78 is 0. The van der Waals surface area contributed by atoms with Crippen LogP contribution >= 0.6 is 0 Å². The molecule has 1 aliphatic carbocycles. The van der Waals surface area contributed by atoms with Gasteiger partial charge in [-0.25, -0.2) is 4.79 Å². The number of aliphatic hydroxyl groups excluding tert-OH is 1. The fraction of sp³-hybridized carbons (Fsp3) is 0.318. The fourth-order valence-corrected chi connectivity index (χ4v) is 3.53. The van der Waals surface area contributed by atoms with Crippen LogP contribution in [0.2, 0.25) is 0 Å². The quantitative estimate of drug-likeness (QED) is 0.765. The van der Waals surface area contributed by atoms with E-state index < -0.39 is 12.1 Å². The highest BCUT2D eigenvalue weighted by molar-refractivity contribution is 5.87. The molecule has 2 rings (SSSR count). The third kappa shape index (κ3) is 3.97. The van der Waals surface area contributed by atoms with E-state index in [1.54, 1.807) is 12.3 Å². The van der Waals surface area contributed by atoms with Gasteiger partial charge in [0, 0.05) is 23.7 Å². The van der Waals surface area contributed by atoms with Gasteiger partial charge in [0.1, 0.15) is 6.10 Å². The van der Waals surface area contributed by atoms with Gasteiger partial charge >= 0.3 is 5.97 Å². The molecule has 0 spiro atoms. The van der Waals surface area contributed by atoms with E-state index in [-0.39, 0.29) is 5.92 Å². The van der Waals surface area contributed by atoms with Crippen molar-refractivity contribution in [3.8, 4) is 0 Å². The number of rotatable bonds is 6. The minimum Gasteiger partial charge on any atom is -0.478 e. The summed E-state index contributed by atoms with van der Waals surface area (Å²) in [5.74, 6) is -0.925. The summed E-state index contributed by atoms with van der Waals surface area (Å²) >= 11 is 0. The third-order valence-electron chi connectivity index (χ3n) is 4.83. The summed E-state index contributed by atoms with van der Waals surface area (Å²) in [6.07, 6.45) is 6.88. The largest absolute Gasteiger partial charge is 0.478 e. The van der Waals surface area contributed by atoms with Crippen molar-refractivity contribution >= 4 is 11.7 Å². The molecule has 0 aromatic heterocycles. The fourth-order valence-electron chi connectivity index (χ4n) is 3.53. The average molecular weight is 353 g/mol. The first-order valence-corrected chi connectivity index (χ1v) is 8.77. The molecule has 0 fully saturated rings. The van der Waals surface area contributed by atoms with Gasteiger partial charge in [0.05, 0.1) is 0 Å². The molecule has 1 aromatic carbocycles. The van der Waals surface area contributed by atoms with Crippen molar-refractivity contribution in [2.75, 3.05) is 4.90 Å². The van der Waals surface area contributed by atoms with Gasteiger partial charge in [-0.15, -0.1) is 0 Å². The van der Waals surface area contributed by atoms with Gasteiger partial charge in [0.25, 0.3) is 0 Å². The van der Waals surface area contributed by atoms with E-state index in [9.17, 15) is 15.0 Å². The standard InChI is InChI=1S/C22H27NO3/c1-6-10-23(7-2)18-9-8-14(3)19(13-18)21(24)20-15(4)11-17(22(25)26)12-16(20)5/h6-11,13,16,21,24H,2,12H2,1,3-5H3,(H,25,26)/b10-6-. The maximum absolute atomic E-state index is 11.3. The molecule has 26 heavy (non-hydrogen) atoms. The molecule has 4 heteroatoms. The Morgan fingerprint density at radius 2 is 2.08 bits per heavy atom. The number of benzene rings is 1. The molecule has 4 nitrogen and oxygen atoms in total. The molecule has 0 aliphatic heterocycles. The molecule has 0 saturated heterocycles. The second kappa shape index (κ2) is 8.19. The average Bonchev–Trinajstić information content (AvgIpc) is 2.59. The molecule has 138 valence electrons. The van der Waals surface area contributed by atoms with Crippen molar-refractivity contribution < 1.29 is 15.0 Å². The van der Waals surface area contributed by atoms with Crippen LogP contribution in [0.15, 0.2) is 66.0 Å². The summed E-state index contributed by atoms with van der Waals surface area (Å²) in [5, 5.41) is 20.4. The van der Waals surface area contributed by atoms with Crippen LogP contribution < -0.4 is 4.90 Å². The van der Waals surface area contributed by atoms with E-state index >= 15 is 0 Å². The number of aliphatic carboxylic acids is 1. The molecule has 2 atom stereocenters. The lowest BCUT2D eigenvalue weighted by Crippen LogP contribution is -2.19. The molecule has 1 aliphatic rings. The number of carboxylic acids is 1. The monoisotopic (exact) mass is 353 g/mol. The normalized spacial score (nSPS) is 18.7. The molecule has 2 N–H and O–H groups in total. The number of carboxylic acid groups (broad SMARTS) is 1. The van der Waals surface area contributed by atoms with E-state index in [2.05, 4.69) is 6.58 Å². The Kier molecular flexibility index (Phi) is 6.22. The van der Waals surface area contributed by atoms with Crippen LogP contribution in [0.4, 0.5) is 5.69 Å². The SMILES string of the molecule is C=CN(/C=C\C)c1ccc(C)c(C(O)C2=C(C)C=C(C(=O)O)CC2C)c1. The smallest absolute Gasteiger partial charge is 0.331 e. The first kappa shape index (κ1) is 19.7. The van der Waals surface area contributed by atoms with E-state index in [1.165, 1.54) is 0 Å². The lowest BCUT2D eigenvalue weighted by Gasteiger charge is -2.29. The van der Waals surface area contributed by atoms with Gasteiger partial charge in [-0.05, 0) is 73.6 Å². The summed E-state index contributed by atoms with van der Waals surface area (Å²) in [4.78, 5) is 13.2. The van der Waals surface area contributed by atoms with Gasteiger partial charge in [0.15, 0.2) is 0 Å². The predicted molar refractivity (Wildman–Crippen MR) is 106 cm³/mol. The van der Waals surface area contributed by atoms with Crippen molar-refractivity contribution in [1.82, 2.24) is 0 Å². The maximum atomic E-state index is 11.3. The Morgan fingerprint density at radius 3 is 2.62 bits per heavy atom. The van der Waals surface area contributed by atoms with Gasteiger partial charge in [-0.3, -0.25) is 0 Å². The number of aryl methyl sites for hydroxylation is 1. The Bertz CT molecular complexity index is 802. The van der Waals surface area contributed by atoms with Crippen molar-refractivity contribution in [3.63, 3.8) is 0 Å². The number of allylic oxidation sites excluding steroid dienone is 3. The Labute approximate surface area is 155 Å². The predicted octanol–water partition coefficient (Wildman–Crippen LogP) is 4.88. The Balaban J connectivity index is 2.49. The molecule has 2 unspecified atom stereocenters. The van der Waals surface area contributed by atoms with Crippen molar-refractivity contribution in [2.24, 2.45) is 5.92 Å². The first-order chi connectivity index (χ1) is 12.3. The van der Waals surface area contributed by atoms with Crippen LogP contribution in [0.1, 0.15) is 44.4 Å². The number of carbonyl (C=O) groups is 1. The zero-order chi connectivity index (χ0) is 19.4. The molecule has 0 bridgehead atoms. The summed E-state index contributed by atoms with van der Waals surface area (Å²) in [7, 11) is 0. The van der Waals surface area contributed by atoms with E-state index in [4.69, 9.17) is 0 Å². The van der Waals surface area contributed by atoms with Crippen LogP contribution in [0.5, 0.6) is 0 Å². The van der Waals surface area contributed by atoms with Crippen LogP contribution in [-0.2, 0) is 4.79 Å². The molecule has 0 heterocycles. The lowest BCUT2D eigenvalue weighted by molar-refractivity contribution is -0.132. The van der Waals surface area contributed by atoms with E-state index in [1.807, 2.05) is 63.1 Å².